The van der Waals surface area contributed by atoms with Gasteiger partial charge in [-0.15, -0.1) is 5.10 Å². The Morgan fingerprint density at radius 1 is 0.708 bits per heavy atom. The quantitative estimate of drug-likeness (QED) is 0.169. The van der Waals surface area contributed by atoms with Crippen molar-refractivity contribution in [1.29, 1.82) is 0 Å². The maximum atomic E-state index is 13.9. The molecule has 0 radical (unpaired) electrons. The van der Waals surface area contributed by atoms with Crippen molar-refractivity contribution in [3.05, 3.63) is 124 Å². The SMILES string of the molecule is CCc1c(-c2ccc(-n3c(OC)nn(C)c3=O)cc2-c2ccc(N3CCC(N4CCN(c5cccc6c5n(C)c(=O)n6C5CCC(=O)NC5=O)CC4)CC3)cc2)ccnc1N1CCN(c2cccnc2)C1=O. The lowest BCUT2D eigenvalue weighted by Gasteiger charge is -2.44. The highest BCUT2D eigenvalue weighted by atomic mass is 16.5. The van der Waals surface area contributed by atoms with Gasteiger partial charge in [0.25, 0.3) is 0 Å². The number of benzene rings is 3. The summed E-state index contributed by atoms with van der Waals surface area (Å²) < 4.78 is 11.5. The number of carbonyl (C=O) groups excluding carboxylic acids is 3. The van der Waals surface area contributed by atoms with E-state index in [4.69, 9.17) is 9.72 Å². The first kappa shape index (κ1) is 46.3. The van der Waals surface area contributed by atoms with E-state index in [0.717, 1.165) is 103 Å². The molecule has 11 rings (SSSR count). The molecule has 3 aromatic carbocycles. The van der Waals surface area contributed by atoms with Crippen molar-refractivity contribution in [3.63, 3.8) is 0 Å². The van der Waals surface area contributed by atoms with Crippen LogP contribution in [0, 0.1) is 0 Å². The van der Waals surface area contributed by atoms with Crippen LogP contribution in [0.2, 0.25) is 0 Å². The fourth-order valence-electron chi connectivity index (χ4n) is 11.3. The van der Waals surface area contributed by atoms with Gasteiger partial charge in [0.05, 0.1) is 41.4 Å². The van der Waals surface area contributed by atoms with Gasteiger partial charge in [0.15, 0.2) is 0 Å². The van der Waals surface area contributed by atoms with Crippen LogP contribution in [0.5, 0.6) is 6.01 Å². The Bertz CT molecular complexity index is 3350. The molecule has 72 heavy (non-hydrogen) atoms. The van der Waals surface area contributed by atoms with Gasteiger partial charge in [-0.2, -0.15) is 0 Å². The number of piperazine rings is 1. The normalized spacial score (nSPS) is 18.2. The van der Waals surface area contributed by atoms with Crippen LogP contribution in [0.1, 0.15) is 44.2 Å². The van der Waals surface area contributed by atoms with Gasteiger partial charge in [-0.05, 0) is 103 Å². The number of methoxy groups -OCH3 is 1. The third-order valence-corrected chi connectivity index (χ3v) is 15.0. The highest BCUT2D eigenvalue weighted by molar-refractivity contribution is 6.06. The number of ether oxygens (including phenoxy) is 1. The van der Waals surface area contributed by atoms with E-state index in [2.05, 4.69) is 67.4 Å². The molecule has 4 saturated heterocycles. The Labute approximate surface area is 415 Å². The lowest BCUT2D eigenvalue weighted by Crippen LogP contribution is -2.53. The van der Waals surface area contributed by atoms with Crippen LogP contribution in [-0.2, 0) is 30.1 Å². The van der Waals surface area contributed by atoms with Gasteiger partial charge in [-0.25, -0.2) is 28.6 Å². The van der Waals surface area contributed by atoms with Crippen LogP contribution in [0.15, 0.2) is 107 Å². The second-order valence-corrected chi connectivity index (χ2v) is 18.9. The number of hydrogen-bond acceptors (Lipinski definition) is 12. The van der Waals surface area contributed by atoms with Crippen molar-refractivity contribution in [1.82, 2.24) is 43.7 Å². The number of hydrogen-bond donors (Lipinski definition) is 1. The Balaban J connectivity index is 0.814. The Kier molecular flexibility index (Phi) is 12.2. The molecular formula is C53H57N13O6. The first-order valence-corrected chi connectivity index (χ1v) is 24.7. The molecular weight excluding hydrogens is 915 g/mol. The number of pyridine rings is 2. The van der Waals surface area contributed by atoms with E-state index in [1.165, 1.54) is 16.4 Å². The van der Waals surface area contributed by atoms with Gasteiger partial charge < -0.3 is 14.5 Å². The maximum absolute atomic E-state index is 13.9. The van der Waals surface area contributed by atoms with Crippen molar-refractivity contribution in [2.75, 3.05) is 79.1 Å². The molecule has 7 aromatic rings. The second-order valence-electron chi connectivity index (χ2n) is 18.9. The summed E-state index contributed by atoms with van der Waals surface area (Å²) in [6, 6.07) is 25.9. The molecule has 370 valence electrons. The topological polar surface area (TPSA) is 181 Å². The summed E-state index contributed by atoms with van der Waals surface area (Å²) in [5, 5.41) is 6.71. The van der Waals surface area contributed by atoms with Gasteiger partial charge >= 0.3 is 23.4 Å². The van der Waals surface area contributed by atoms with E-state index in [1.54, 1.807) is 51.6 Å². The summed E-state index contributed by atoms with van der Waals surface area (Å²) >= 11 is 0. The lowest BCUT2D eigenvalue weighted by molar-refractivity contribution is -0.135. The van der Waals surface area contributed by atoms with Crippen LogP contribution < -0.4 is 41.0 Å². The van der Waals surface area contributed by atoms with Crippen molar-refractivity contribution in [3.8, 4) is 34.0 Å². The number of piperidine rings is 2. The van der Waals surface area contributed by atoms with Crippen LogP contribution in [0.25, 0.3) is 39.0 Å². The van der Waals surface area contributed by atoms with Crippen LogP contribution in [0.4, 0.5) is 27.7 Å². The van der Waals surface area contributed by atoms with E-state index in [1.807, 2.05) is 48.5 Å². The van der Waals surface area contributed by atoms with Gasteiger partial charge in [-0.1, -0.05) is 31.2 Å². The molecule has 0 aliphatic carbocycles. The highest BCUT2D eigenvalue weighted by Gasteiger charge is 2.35. The van der Waals surface area contributed by atoms with E-state index in [0.29, 0.717) is 49.0 Å². The Morgan fingerprint density at radius 3 is 2.19 bits per heavy atom. The molecule has 0 bridgehead atoms. The number of nitrogens with one attached hydrogen (secondary N) is 1. The van der Waals surface area contributed by atoms with E-state index < -0.39 is 11.9 Å². The molecule has 1 N–H and O–H groups in total. The molecule has 1 atom stereocenters. The maximum Gasteiger partial charge on any atom is 0.353 e. The molecule has 1 unspecified atom stereocenters. The molecule has 0 spiro atoms. The molecule has 8 heterocycles. The fraction of sp³-hybridized carbons (Fsp3) is 0.358. The summed E-state index contributed by atoms with van der Waals surface area (Å²) in [5.41, 5.74) is 9.06. The van der Waals surface area contributed by atoms with Crippen LogP contribution in [0.3, 0.4) is 0 Å². The first-order chi connectivity index (χ1) is 35.0. The number of carbonyl (C=O) groups is 3. The Morgan fingerprint density at radius 2 is 1.47 bits per heavy atom. The molecule has 19 nitrogen and oxygen atoms in total. The average molecular weight is 972 g/mol. The number of anilines is 4. The van der Waals surface area contributed by atoms with Gasteiger partial charge in [0, 0.05) is 103 Å². The van der Waals surface area contributed by atoms with Gasteiger partial charge in [-0.3, -0.25) is 43.7 Å². The third-order valence-electron chi connectivity index (χ3n) is 15.0. The largest absolute Gasteiger partial charge is 0.467 e. The molecule has 0 saturated carbocycles. The summed E-state index contributed by atoms with van der Waals surface area (Å²) in [7, 11) is 4.85. The monoisotopic (exact) mass is 971 g/mol. The predicted octanol–water partition coefficient (Wildman–Crippen LogP) is 5.13. The molecule has 19 heteroatoms. The number of aryl methyl sites for hydroxylation is 2. The zero-order chi connectivity index (χ0) is 49.8. The molecule has 4 aliphatic heterocycles. The minimum absolute atomic E-state index is 0.148. The minimum atomic E-state index is -0.724. The van der Waals surface area contributed by atoms with Crippen molar-refractivity contribution in [2.45, 2.75) is 51.1 Å². The number of para-hydroxylation sites is 1. The average Bonchev–Trinajstić information content (AvgIpc) is 4.03. The molecule has 4 amide bonds. The van der Waals surface area contributed by atoms with E-state index in [-0.39, 0.29) is 35.7 Å². The van der Waals surface area contributed by atoms with Gasteiger partial charge in [0.2, 0.25) is 11.8 Å². The summed E-state index contributed by atoms with van der Waals surface area (Å²) in [5.74, 6) is -0.119. The van der Waals surface area contributed by atoms with E-state index >= 15 is 0 Å². The number of urea groups is 1. The standard InChI is InChI=1S/C53H57N13O6/c1-5-39-41(19-23-55-48(39)64-31-30-63(53(64)71)38-8-7-22-54-33-38)40-16-15-37(65-50(72-4)57-59(3)52(65)70)32-42(40)34-11-13-35(14-12-34)60-24-20-36(21-25-60)61-26-28-62(29-27-61)43-9-6-10-44-47(43)58(2)51(69)66(44)45-17-18-46(67)56-49(45)68/h6-16,19,22-23,32-33,36,45H,5,17-18,20-21,24-31H2,1-4H3,(H,56,67,68). The molecule has 4 aromatic heterocycles. The molecule has 4 fully saturated rings. The predicted molar refractivity (Wildman–Crippen MR) is 275 cm³/mol. The zero-order valence-corrected chi connectivity index (χ0v) is 40.9. The van der Waals surface area contributed by atoms with Crippen molar-refractivity contribution >= 4 is 51.8 Å². The van der Waals surface area contributed by atoms with Gasteiger partial charge in [0.1, 0.15) is 11.9 Å². The number of imidazole rings is 1. The zero-order valence-electron chi connectivity index (χ0n) is 40.9. The number of nitrogens with zero attached hydrogens (tertiary/aromatic N) is 12. The minimum Gasteiger partial charge on any atom is -0.467 e. The number of imide groups is 1. The third kappa shape index (κ3) is 8.06. The highest BCUT2D eigenvalue weighted by Crippen LogP contribution is 2.40. The van der Waals surface area contributed by atoms with Crippen LogP contribution >= 0.6 is 0 Å². The summed E-state index contributed by atoms with van der Waals surface area (Å²) in [4.78, 5) is 85.6. The van der Waals surface area contributed by atoms with Crippen molar-refractivity contribution in [2.24, 2.45) is 14.1 Å². The number of aromatic nitrogens is 7. The smallest absolute Gasteiger partial charge is 0.353 e. The van der Waals surface area contributed by atoms with Crippen LogP contribution in [-0.4, -0.2) is 122 Å². The second kappa shape index (κ2) is 18.9. The lowest BCUT2D eigenvalue weighted by atomic mass is 9.90. The number of amides is 4. The number of fused-ring (bicyclic) bond motifs is 1. The summed E-state index contributed by atoms with van der Waals surface area (Å²) in [6.45, 7) is 8.31. The van der Waals surface area contributed by atoms with Crippen molar-refractivity contribution < 1.29 is 19.1 Å². The molecule has 4 aliphatic rings. The van der Waals surface area contributed by atoms with E-state index in [9.17, 15) is 24.0 Å². The fourth-order valence-corrected chi connectivity index (χ4v) is 11.3. The number of rotatable bonds is 11. The summed E-state index contributed by atoms with van der Waals surface area (Å²) in [6.07, 6.45) is 8.33. The first-order valence-electron chi connectivity index (χ1n) is 24.7. The Hall–Kier alpha value is -8.06.